The van der Waals surface area contributed by atoms with Crippen molar-refractivity contribution in [3.63, 3.8) is 0 Å². The lowest BCUT2D eigenvalue weighted by molar-refractivity contribution is -0.128. The van der Waals surface area contributed by atoms with E-state index in [0.717, 1.165) is 57.6 Å². The normalized spacial score (nSPS) is 19.7. The lowest BCUT2D eigenvalue weighted by Crippen LogP contribution is -2.43. The number of carbonyl (C=O) groups is 1. The van der Waals surface area contributed by atoms with Crippen LogP contribution in [0.1, 0.15) is 62.0 Å². The first-order chi connectivity index (χ1) is 14.2. The zero-order chi connectivity index (χ0) is 20.2. The molecule has 1 saturated carbocycles. The van der Waals surface area contributed by atoms with Crippen LogP contribution in [0.5, 0.6) is 0 Å². The molecule has 2 aliphatic rings. The minimum Gasteiger partial charge on any atom is -0.347 e. The van der Waals surface area contributed by atoms with Crippen LogP contribution in [0.4, 0.5) is 0 Å². The highest BCUT2D eigenvalue weighted by Crippen LogP contribution is 2.33. The third-order valence-corrected chi connectivity index (χ3v) is 6.78. The highest BCUT2D eigenvalue weighted by molar-refractivity contribution is 5.79. The van der Waals surface area contributed by atoms with Gasteiger partial charge in [-0.25, -0.2) is 0 Å². The van der Waals surface area contributed by atoms with Gasteiger partial charge in [0.15, 0.2) is 0 Å². The summed E-state index contributed by atoms with van der Waals surface area (Å²) >= 11 is 0. The molecule has 156 valence electrons. The number of nitrogens with one attached hydrogen (secondary N) is 1. The summed E-state index contributed by atoms with van der Waals surface area (Å²) in [5.41, 5.74) is 3.59. The van der Waals surface area contributed by atoms with Crippen molar-refractivity contribution in [1.29, 1.82) is 0 Å². The van der Waals surface area contributed by atoms with Gasteiger partial charge in [-0.15, -0.1) is 0 Å². The molecule has 1 aliphatic heterocycles. The van der Waals surface area contributed by atoms with Gasteiger partial charge in [0.25, 0.3) is 0 Å². The van der Waals surface area contributed by atoms with Crippen molar-refractivity contribution in [3.8, 4) is 0 Å². The average molecular weight is 396 g/mol. The Hall–Kier alpha value is -2.21. The fraction of sp³-hybridized carbons (Fsp3) is 0.609. The number of rotatable bonds is 7. The van der Waals surface area contributed by atoms with Gasteiger partial charge in [-0.05, 0) is 70.7 Å². The van der Waals surface area contributed by atoms with E-state index in [1.165, 1.54) is 17.7 Å². The number of hydrogen-bond donors (Lipinski definition) is 1. The van der Waals surface area contributed by atoms with Crippen molar-refractivity contribution in [1.82, 2.24) is 25.0 Å². The van der Waals surface area contributed by atoms with Gasteiger partial charge in [-0.3, -0.25) is 19.4 Å². The van der Waals surface area contributed by atoms with Crippen LogP contribution in [0.25, 0.3) is 0 Å². The molecular weight excluding hydrogens is 362 g/mol. The van der Waals surface area contributed by atoms with Crippen molar-refractivity contribution in [2.24, 2.45) is 11.8 Å². The number of carbonyl (C=O) groups excluding carboxylic acids is 1. The van der Waals surface area contributed by atoms with Crippen molar-refractivity contribution >= 4 is 5.91 Å². The summed E-state index contributed by atoms with van der Waals surface area (Å²) in [7, 11) is 0. The SMILES string of the molecule is CCn1ncc(CN2CCC([C@H](NC(=O)C3CCC3)c3ccccn3)CC2)c1C. The molecule has 1 atom stereocenters. The molecule has 0 aromatic carbocycles. The van der Waals surface area contributed by atoms with E-state index in [2.05, 4.69) is 44.9 Å². The number of aryl methyl sites for hydroxylation is 1. The van der Waals surface area contributed by atoms with Gasteiger partial charge < -0.3 is 5.32 Å². The maximum atomic E-state index is 12.7. The van der Waals surface area contributed by atoms with E-state index in [4.69, 9.17) is 0 Å². The second-order valence-corrected chi connectivity index (χ2v) is 8.55. The Morgan fingerprint density at radius 1 is 1.24 bits per heavy atom. The van der Waals surface area contributed by atoms with E-state index in [1.54, 1.807) is 0 Å². The van der Waals surface area contributed by atoms with Gasteiger partial charge >= 0.3 is 0 Å². The van der Waals surface area contributed by atoms with Crippen LogP contribution in [0.3, 0.4) is 0 Å². The molecule has 0 spiro atoms. The topological polar surface area (TPSA) is 63.1 Å². The second-order valence-electron chi connectivity index (χ2n) is 8.55. The third-order valence-electron chi connectivity index (χ3n) is 6.78. The summed E-state index contributed by atoms with van der Waals surface area (Å²) in [4.78, 5) is 19.8. The number of likely N-dealkylation sites (tertiary alicyclic amines) is 1. The van der Waals surface area contributed by atoms with Crippen LogP contribution in [0.15, 0.2) is 30.6 Å². The molecule has 3 heterocycles. The molecule has 1 amide bonds. The molecule has 2 aromatic heterocycles. The summed E-state index contributed by atoms with van der Waals surface area (Å²) < 4.78 is 2.06. The highest BCUT2D eigenvalue weighted by atomic mass is 16.2. The van der Waals surface area contributed by atoms with Crippen LogP contribution in [-0.2, 0) is 17.9 Å². The largest absolute Gasteiger partial charge is 0.347 e. The van der Waals surface area contributed by atoms with Crippen LogP contribution in [0.2, 0.25) is 0 Å². The molecule has 1 aliphatic carbocycles. The molecule has 29 heavy (non-hydrogen) atoms. The monoisotopic (exact) mass is 395 g/mol. The van der Waals surface area contributed by atoms with Crippen LogP contribution >= 0.6 is 0 Å². The summed E-state index contributed by atoms with van der Waals surface area (Å²) in [6, 6.07) is 6.04. The number of piperidine rings is 1. The first-order valence-electron chi connectivity index (χ1n) is 11.1. The van der Waals surface area contributed by atoms with Crippen molar-refractivity contribution in [2.45, 2.75) is 65.1 Å². The first kappa shape index (κ1) is 20.1. The Morgan fingerprint density at radius 3 is 2.62 bits per heavy atom. The third kappa shape index (κ3) is 4.53. The van der Waals surface area contributed by atoms with Gasteiger partial charge in [0.05, 0.1) is 17.9 Å². The zero-order valence-corrected chi connectivity index (χ0v) is 17.7. The van der Waals surface area contributed by atoms with E-state index >= 15 is 0 Å². The minimum atomic E-state index is 0.0241. The quantitative estimate of drug-likeness (QED) is 0.780. The number of amides is 1. The molecule has 0 unspecified atom stereocenters. The van der Waals surface area contributed by atoms with Crippen molar-refractivity contribution in [3.05, 3.63) is 47.5 Å². The lowest BCUT2D eigenvalue weighted by atomic mass is 9.83. The number of nitrogens with zero attached hydrogens (tertiary/aromatic N) is 4. The molecule has 0 radical (unpaired) electrons. The summed E-state index contributed by atoms with van der Waals surface area (Å²) in [6.45, 7) is 8.26. The Morgan fingerprint density at radius 2 is 2.03 bits per heavy atom. The fourth-order valence-corrected chi connectivity index (χ4v) is 4.58. The zero-order valence-electron chi connectivity index (χ0n) is 17.7. The Labute approximate surface area is 173 Å². The molecule has 6 heteroatoms. The van der Waals surface area contributed by atoms with E-state index in [9.17, 15) is 4.79 Å². The van der Waals surface area contributed by atoms with Gasteiger partial charge in [0.2, 0.25) is 5.91 Å². The van der Waals surface area contributed by atoms with Gasteiger partial charge in [-0.2, -0.15) is 5.10 Å². The predicted octanol–water partition coefficient (Wildman–Crippen LogP) is 3.48. The standard InChI is InChI=1S/C23H33N5O/c1-3-28-17(2)20(15-25-28)16-27-13-10-18(11-14-27)22(21-9-4-5-12-24-21)26-23(29)19-7-6-8-19/h4-5,9,12,15,18-19,22H,3,6-8,10-11,13-14,16H2,1-2H3,(H,26,29)/t22-/m0/s1. The molecular formula is C23H33N5O. The lowest BCUT2D eigenvalue weighted by Gasteiger charge is -2.37. The fourth-order valence-electron chi connectivity index (χ4n) is 4.58. The number of hydrogen-bond acceptors (Lipinski definition) is 4. The maximum absolute atomic E-state index is 12.7. The molecule has 2 fully saturated rings. The molecule has 1 N–H and O–H groups in total. The molecule has 1 saturated heterocycles. The summed E-state index contributed by atoms with van der Waals surface area (Å²) in [5.74, 6) is 0.862. The Kier molecular flexibility index (Phi) is 6.28. The molecule has 6 nitrogen and oxygen atoms in total. The molecule has 2 aromatic rings. The van der Waals surface area contributed by atoms with E-state index in [1.807, 2.05) is 24.5 Å². The van der Waals surface area contributed by atoms with Gasteiger partial charge in [0.1, 0.15) is 0 Å². The summed E-state index contributed by atoms with van der Waals surface area (Å²) in [6.07, 6.45) is 9.24. The van der Waals surface area contributed by atoms with E-state index in [-0.39, 0.29) is 17.9 Å². The van der Waals surface area contributed by atoms with Crippen molar-refractivity contribution < 1.29 is 4.79 Å². The molecule has 0 bridgehead atoms. The number of pyridine rings is 1. The smallest absolute Gasteiger partial charge is 0.223 e. The number of aromatic nitrogens is 3. The van der Waals surface area contributed by atoms with Crippen LogP contribution in [-0.4, -0.2) is 38.7 Å². The van der Waals surface area contributed by atoms with Crippen LogP contribution in [0, 0.1) is 18.8 Å². The van der Waals surface area contributed by atoms with Crippen molar-refractivity contribution in [2.75, 3.05) is 13.1 Å². The molecule has 4 rings (SSSR count). The first-order valence-corrected chi connectivity index (χ1v) is 11.1. The van der Waals surface area contributed by atoms with Gasteiger partial charge in [0, 0.05) is 36.5 Å². The summed E-state index contributed by atoms with van der Waals surface area (Å²) in [5, 5.41) is 7.84. The van der Waals surface area contributed by atoms with E-state index < -0.39 is 0 Å². The average Bonchev–Trinajstić information content (AvgIpc) is 3.06. The van der Waals surface area contributed by atoms with Gasteiger partial charge in [-0.1, -0.05) is 12.5 Å². The predicted molar refractivity (Wildman–Crippen MR) is 113 cm³/mol. The van der Waals surface area contributed by atoms with E-state index in [0.29, 0.717) is 5.92 Å². The van der Waals surface area contributed by atoms with Crippen LogP contribution < -0.4 is 5.32 Å². The second kappa shape index (κ2) is 9.08. The Balaban J connectivity index is 1.39. The highest BCUT2D eigenvalue weighted by Gasteiger charge is 2.33. The Bertz CT molecular complexity index is 806. The minimum absolute atomic E-state index is 0.0241. The maximum Gasteiger partial charge on any atom is 0.223 e.